The number of oxazole rings is 1. The predicted octanol–water partition coefficient (Wildman–Crippen LogP) is 2.94. The summed E-state index contributed by atoms with van der Waals surface area (Å²) >= 11 is 0. The minimum Gasteiger partial charge on any atom is -0.506 e. The highest BCUT2D eigenvalue weighted by molar-refractivity contribution is 5.99. The Morgan fingerprint density at radius 2 is 1.97 bits per heavy atom. The van der Waals surface area contributed by atoms with Gasteiger partial charge in [-0.2, -0.15) is 13.2 Å². The molecule has 0 radical (unpaired) electrons. The number of aromatic hydroxyl groups is 1. The lowest BCUT2D eigenvalue weighted by Crippen LogP contribution is -2.40. The number of hydrogen-bond donors (Lipinski definition) is 3. The minimum atomic E-state index is -4.72. The maximum Gasteiger partial charge on any atom is 0.433 e. The van der Waals surface area contributed by atoms with Crippen molar-refractivity contribution in [2.75, 3.05) is 6.54 Å². The first kappa shape index (κ1) is 25.6. The van der Waals surface area contributed by atoms with Gasteiger partial charge in [-0.05, 0) is 50.5 Å². The van der Waals surface area contributed by atoms with Crippen LogP contribution >= 0.6 is 0 Å². The molecule has 2 aromatic heterocycles. The summed E-state index contributed by atoms with van der Waals surface area (Å²) in [4.78, 5) is 46.6. The van der Waals surface area contributed by atoms with Crippen LogP contribution in [0.3, 0.4) is 0 Å². The molecule has 1 aliphatic heterocycles. The number of nitrogens with two attached hydrogens (primary N) is 1. The van der Waals surface area contributed by atoms with Crippen LogP contribution < -0.4 is 11.1 Å². The lowest BCUT2D eigenvalue weighted by Gasteiger charge is -2.20. The molecule has 1 saturated carbocycles. The molecule has 5 rings (SSSR count). The molecule has 1 aliphatic carbocycles. The van der Waals surface area contributed by atoms with Crippen LogP contribution in [0, 0.1) is 5.92 Å². The second-order valence-electron chi connectivity index (χ2n) is 9.62. The summed E-state index contributed by atoms with van der Waals surface area (Å²) in [6.45, 7) is 1.65. The third-order valence-corrected chi connectivity index (χ3v) is 6.68. The fraction of sp³-hybridized carbons (Fsp3) is 0.400. The summed E-state index contributed by atoms with van der Waals surface area (Å²) in [5.41, 5.74) is 4.56. The van der Waals surface area contributed by atoms with Crippen molar-refractivity contribution in [2.45, 2.75) is 50.5 Å². The van der Waals surface area contributed by atoms with E-state index in [-0.39, 0.29) is 58.6 Å². The highest BCUT2D eigenvalue weighted by Gasteiger charge is 2.40. The van der Waals surface area contributed by atoms with E-state index >= 15 is 0 Å². The van der Waals surface area contributed by atoms with Crippen molar-refractivity contribution in [3.05, 3.63) is 41.4 Å². The van der Waals surface area contributed by atoms with Crippen molar-refractivity contribution < 1.29 is 37.1 Å². The summed E-state index contributed by atoms with van der Waals surface area (Å²) in [6.07, 6.45) is -2.21. The Bertz CT molecular complexity index is 1430. The monoisotopic (exact) mass is 531 g/mol. The number of likely N-dealkylation sites (tertiary alicyclic amines) is 1. The maximum absolute atomic E-state index is 13.5. The van der Waals surface area contributed by atoms with Crippen molar-refractivity contribution in [1.82, 2.24) is 20.2 Å². The molecule has 3 atom stereocenters. The van der Waals surface area contributed by atoms with Crippen LogP contribution in [0.5, 0.6) is 5.75 Å². The number of halogens is 3. The van der Waals surface area contributed by atoms with Crippen molar-refractivity contribution in [1.29, 1.82) is 0 Å². The van der Waals surface area contributed by atoms with E-state index in [9.17, 15) is 32.7 Å². The van der Waals surface area contributed by atoms with Gasteiger partial charge in [0.25, 0.3) is 5.91 Å². The van der Waals surface area contributed by atoms with Gasteiger partial charge < -0.3 is 30.3 Å². The summed E-state index contributed by atoms with van der Waals surface area (Å²) < 4.78 is 45.3. The largest absolute Gasteiger partial charge is 0.506 e. The van der Waals surface area contributed by atoms with Gasteiger partial charge in [-0.1, -0.05) is 0 Å². The van der Waals surface area contributed by atoms with E-state index in [1.807, 2.05) is 0 Å². The molecule has 2 aliphatic rings. The van der Waals surface area contributed by atoms with Crippen LogP contribution in [0.1, 0.15) is 54.2 Å². The lowest BCUT2D eigenvalue weighted by atomic mass is 10.1. The number of nitrogens with zero attached hydrogens (tertiary/aromatic N) is 3. The number of nitrogens with one attached hydrogen (secondary N) is 1. The van der Waals surface area contributed by atoms with Gasteiger partial charge >= 0.3 is 6.18 Å². The molecule has 1 aromatic carbocycles. The van der Waals surface area contributed by atoms with Gasteiger partial charge in [0, 0.05) is 29.5 Å². The van der Waals surface area contributed by atoms with Crippen molar-refractivity contribution in [3.63, 3.8) is 0 Å². The second kappa shape index (κ2) is 9.39. The van der Waals surface area contributed by atoms with Gasteiger partial charge in [0.1, 0.15) is 23.2 Å². The fourth-order valence-corrected chi connectivity index (χ4v) is 4.59. The van der Waals surface area contributed by atoms with Crippen LogP contribution in [0.4, 0.5) is 13.2 Å². The number of aromatic nitrogens is 2. The third-order valence-electron chi connectivity index (χ3n) is 6.68. The molecule has 200 valence electrons. The Hall–Kier alpha value is -4.00. The quantitative estimate of drug-likeness (QED) is 0.411. The summed E-state index contributed by atoms with van der Waals surface area (Å²) in [5, 5.41) is 13.2. The van der Waals surface area contributed by atoms with Crippen molar-refractivity contribution in [2.24, 2.45) is 11.7 Å². The van der Waals surface area contributed by atoms with Crippen LogP contribution in [-0.4, -0.2) is 56.7 Å². The third kappa shape index (κ3) is 4.69. The highest BCUT2D eigenvalue weighted by atomic mass is 19.4. The second-order valence-corrected chi connectivity index (χ2v) is 9.62. The molecule has 38 heavy (non-hydrogen) atoms. The number of phenolic OH excluding ortho intramolecular Hbond substituents is 1. The Balaban J connectivity index is 1.50. The first-order chi connectivity index (χ1) is 18.0. The van der Waals surface area contributed by atoms with Crippen molar-refractivity contribution >= 4 is 29.0 Å². The number of pyridine rings is 1. The number of phenols is 1. The smallest absolute Gasteiger partial charge is 0.433 e. The number of fused-ring (bicyclic) bond motifs is 1. The molecule has 2 fully saturated rings. The fourth-order valence-electron chi connectivity index (χ4n) is 4.59. The molecule has 13 heteroatoms. The maximum atomic E-state index is 13.5. The minimum absolute atomic E-state index is 0.0150. The van der Waals surface area contributed by atoms with E-state index in [0.29, 0.717) is 6.29 Å². The molecule has 1 saturated heterocycles. The number of benzene rings is 1. The van der Waals surface area contributed by atoms with Gasteiger partial charge in [0.2, 0.25) is 11.8 Å². The SMILES string of the molecule is C[C@H](N)c1oc(-c2ccc(O)c3nc(C(F)(F)F)ccc23)nc1C(=O)N1C[C@H](NC(=O)C2CC2)C[C@H]1C=O. The zero-order valence-corrected chi connectivity index (χ0v) is 20.2. The molecular weight excluding hydrogens is 507 g/mol. The van der Waals surface area contributed by atoms with E-state index in [0.717, 1.165) is 31.0 Å². The van der Waals surface area contributed by atoms with Gasteiger partial charge in [-0.25, -0.2) is 9.97 Å². The number of carbonyl (C=O) groups excluding carboxylic acids is 3. The van der Waals surface area contributed by atoms with Crippen LogP contribution in [-0.2, 0) is 15.8 Å². The molecule has 2 amide bonds. The Morgan fingerprint density at radius 1 is 1.24 bits per heavy atom. The normalized spacial score (nSPS) is 20.5. The first-order valence-electron chi connectivity index (χ1n) is 12.0. The molecule has 0 unspecified atom stereocenters. The highest BCUT2D eigenvalue weighted by Crippen LogP contribution is 2.37. The Morgan fingerprint density at radius 3 is 2.61 bits per heavy atom. The standard InChI is InChI=1S/C25H24F3N5O5/c1-11(29)21-20(24(37)33-9-13(8-14(33)10-34)30-22(36)12-2-3-12)32-23(38-21)16-4-6-17(35)19-15(16)5-7-18(31-19)25(26,27)28/h4-7,10-14,35H,2-3,8-9,29H2,1H3,(H,30,36)/t11-,13+,14-/m0/s1. The number of rotatable bonds is 6. The molecular formula is C25H24F3N5O5. The number of carbonyl (C=O) groups is 3. The summed E-state index contributed by atoms with van der Waals surface area (Å²) in [5.74, 6) is -1.34. The van der Waals surface area contributed by atoms with Crippen LogP contribution in [0.25, 0.3) is 22.4 Å². The lowest BCUT2D eigenvalue weighted by molar-refractivity contribution is -0.141. The van der Waals surface area contributed by atoms with Gasteiger partial charge in [-0.3, -0.25) is 9.59 Å². The van der Waals surface area contributed by atoms with E-state index in [2.05, 4.69) is 15.3 Å². The van der Waals surface area contributed by atoms with Gasteiger partial charge in [-0.15, -0.1) is 0 Å². The molecule has 4 N–H and O–H groups in total. The summed E-state index contributed by atoms with van der Waals surface area (Å²) in [7, 11) is 0. The van der Waals surface area contributed by atoms with E-state index in [1.54, 1.807) is 6.92 Å². The van der Waals surface area contributed by atoms with Gasteiger partial charge in [0.05, 0.1) is 12.1 Å². The Labute approximate surface area is 214 Å². The molecule has 0 spiro atoms. The van der Waals surface area contributed by atoms with Gasteiger partial charge in [0.15, 0.2) is 11.5 Å². The van der Waals surface area contributed by atoms with Crippen LogP contribution in [0.2, 0.25) is 0 Å². The molecule has 10 nitrogen and oxygen atoms in total. The van der Waals surface area contributed by atoms with E-state index in [1.165, 1.54) is 11.0 Å². The number of aldehydes is 1. The topological polar surface area (TPSA) is 152 Å². The average Bonchev–Trinajstić information content (AvgIpc) is 3.50. The number of hydrogen-bond acceptors (Lipinski definition) is 8. The number of alkyl halides is 3. The van der Waals surface area contributed by atoms with E-state index in [4.69, 9.17) is 10.2 Å². The Kier molecular flexibility index (Phi) is 6.33. The zero-order chi connectivity index (χ0) is 27.4. The van der Waals surface area contributed by atoms with Crippen LogP contribution in [0.15, 0.2) is 28.7 Å². The number of amides is 2. The molecule has 3 heterocycles. The molecule has 0 bridgehead atoms. The summed E-state index contributed by atoms with van der Waals surface area (Å²) in [6, 6.07) is 2.43. The average molecular weight is 531 g/mol. The van der Waals surface area contributed by atoms with E-state index < -0.39 is 41.7 Å². The predicted molar refractivity (Wildman–Crippen MR) is 127 cm³/mol. The zero-order valence-electron chi connectivity index (χ0n) is 20.2. The molecule has 3 aromatic rings. The first-order valence-corrected chi connectivity index (χ1v) is 12.0. The van der Waals surface area contributed by atoms with Crippen molar-refractivity contribution in [3.8, 4) is 17.2 Å².